The second-order valence-electron chi connectivity index (χ2n) is 4.31. The summed E-state index contributed by atoms with van der Waals surface area (Å²) in [5.74, 6) is 0.211. The van der Waals surface area contributed by atoms with Gasteiger partial charge in [0.15, 0.2) is 0 Å². The minimum Gasteiger partial charge on any atom is -0.307 e. The quantitative estimate of drug-likeness (QED) is 0.745. The Balaban J connectivity index is 2.07. The van der Waals surface area contributed by atoms with Crippen LogP contribution in [-0.2, 0) is 4.79 Å². The summed E-state index contributed by atoms with van der Waals surface area (Å²) in [6.07, 6.45) is 4.67. The molecule has 2 rings (SSSR count). The number of amides is 1. The zero-order valence-electron chi connectivity index (χ0n) is 11.0. The molecular weight excluding hydrogens is 375 g/mol. The standard InChI is InChI=1S/C15H11BrCl2N2O/c1-9-6-14(19-8-12(9)16)20-15(21)5-3-10-2-4-11(17)7-13(10)18/h2-8H,1H3,(H,19,20,21)/b5-3+. The van der Waals surface area contributed by atoms with Gasteiger partial charge in [-0.25, -0.2) is 4.98 Å². The van der Waals surface area contributed by atoms with Crippen molar-refractivity contribution in [3.8, 4) is 0 Å². The molecule has 1 N–H and O–H groups in total. The van der Waals surface area contributed by atoms with Crippen LogP contribution in [0.1, 0.15) is 11.1 Å². The van der Waals surface area contributed by atoms with Gasteiger partial charge in [0, 0.05) is 26.8 Å². The molecule has 0 aliphatic carbocycles. The summed E-state index contributed by atoms with van der Waals surface area (Å²) in [6.45, 7) is 1.92. The van der Waals surface area contributed by atoms with Crippen LogP contribution in [0.2, 0.25) is 10.0 Å². The van der Waals surface area contributed by atoms with Gasteiger partial charge in [0.05, 0.1) is 0 Å². The Bertz CT molecular complexity index is 717. The van der Waals surface area contributed by atoms with Gasteiger partial charge in [0.25, 0.3) is 0 Å². The summed E-state index contributed by atoms with van der Waals surface area (Å²) in [7, 11) is 0. The molecule has 0 unspecified atom stereocenters. The highest BCUT2D eigenvalue weighted by atomic mass is 79.9. The Hall–Kier alpha value is -1.36. The molecule has 0 saturated heterocycles. The third-order valence-electron chi connectivity index (χ3n) is 2.67. The van der Waals surface area contributed by atoms with Crippen LogP contribution in [0.25, 0.3) is 6.08 Å². The molecule has 0 spiro atoms. The Morgan fingerprint density at radius 2 is 2.10 bits per heavy atom. The van der Waals surface area contributed by atoms with E-state index in [2.05, 4.69) is 26.2 Å². The number of hydrogen-bond donors (Lipinski definition) is 1. The summed E-state index contributed by atoms with van der Waals surface area (Å²) >= 11 is 15.2. The van der Waals surface area contributed by atoms with E-state index in [9.17, 15) is 4.79 Å². The van der Waals surface area contributed by atoms with Crippen LogP contribution in [0.4, 0.5) is 5.82 Å². The first kappa shape index (κ1) is 16.0. The highest BCUT2D eigenvalue weighted by Gasteiger charge is 2.03. The average molecular weight is 386 g/mol. The van der Waals surface area contributed by atoms with E-state index in [-0.39, 0.29) is 5.91 Å². The van der Waals surface area contributed by atoms with Crippen molar-refractivity contribution in [1.82, 2.24) is 4.98 Å². The van der Waals surface area contributed by atoms with Crippen molar-refractivity contribution < 1.29 is 4.79 Å². The molecule has 0 radical (unpaired) electrons. The summed E-state index contributed by atoms with van der Waals surface area (Å²) in [6, 6.07) is 6.87. The number of pyridine rings is 1. The predicted octanol–water partition coefficient (Wildman–Crippen LogP) is 5.11. The van der Waals surface area contributed by atoms with Crippen LogP contribution in [0.5, 0.6) is 0 Å². The number of aryl methyl sites for hydroxylation is 1. The summed E-state index contributed by atoms with van der Waals surface area (Å²) in [5.41, 5.74) is 1.71. The van der Waals surface area contributed by atoms with E-state index in [0.717, 1.165) is 15.6 Å². The fourth-order valence-corrected chi connectivity index (χ4v) is 2.27. The first-order valence-corrected chi connectivity index (χ1v) is 7.57. The van der Waals surface area contributed by atoms with Crippen LogP contribution in [0, 0.1) is 6.92 Å². The third kappa shape index (κ3) is 4.56. The number of nitrogens with zero attached hydrogens (tertiary/aromatic N) is 1. The largest absolute Gasteiger partial charge is 0.307 e. The minimum atomic E-state index is -0.282. The molecule has 21 heavy (non-hydrogen) atoms. The molecule has 3 nitrogen and oxygen atoms in total. The SMILES string of the molecule is Cc1cc(NC(=O)/C=C/c2ccc(Cl)cc2Cl)ncc1Br. The molecule has 1 heterocycles. The van der Waals surface area contributed by atoms with Gasteiger partial charge in [0.2, 0.25) is 5.91 Å². The predicted molar refractivity (Wildman–Crippen MR) is 90.8 cm³/mol. The van der Waals surface area contributed by atoms with Crippen molar-refractivity contribution in [1.29, 1.82) is 0 Å². The fourth-order valence-electron chi connectivity index (χ4n) is 1.58. The number of carbonyl (C=O) groups excluding carboxylic acids is 1. The van der Waals surface area contributed by atoms with Gasteiger partial charge < -0.3 is 5.32 Å². The van der Waals surface area contributed by atoms with Crippen LogP contribution in [-0.4, -0.2) is 10.9 Å². The molecule has 0 atom stereocenters. The number of benzene rings is 1. The lowest BCUT2D eigenvalue weighted by molar-refractivity contribution is -0.111. The normalized spacial score (nSPS) is 10.9. The van der Waals surface area contributed by atoms with Gasteiger partial charge in [-0.05, 0) is 58.3 Å². The maximum absolute atomic E-state index is 11.8. The molecule has 2 aromatic rings. The van der Waals surface area contributed by atoms with E-state index in [1.165, 1.54) is 6.08 Å². The zero-order valence-corrected chi connectivity index (χ0v) is 14.1. The topological polar surface area (TPSA) is 42.0 Å². The number of aromatic nitrogens is 1. The Morgan fingerprint density at radius 1 is 1.33 bits per heavy atom. The fraction of sp³-hybridized carbons (Fsp3) is 0.0667. The Labute approximate surface area is 141 Å². The van der Waals surface area contributed by atoms with E-state index < -0.39 is 0 Å². The Morgan fingerprint density at radius 3 is 2.76 bits per heavy atom. The van der Waals surface area contributed by atoms with Crippen molar-refractivity contribution in [2.24, 2.45) is 0 Å². The molecule has 0 bridgehead atoms. The lowest BCUT2D eigenvalue weighted by Gasteiger charge is -2.04. The van der Waals surface area contributed by atoms with Gasteiger partial charge in [-0.1, -0.05) is 29.3 Å². The molecule has 0 saturated carbocycles. The van der Waals surface area contributed by atoms with Gasteiger partial charge in [-0.15, -0.1) is 0 Å². The summed E-state index contributed by atoms with van der Waals surface area (Å²) < 4.78 is 0.893. The molecule has 0 fully saturated rings. The number of hydrogen-bond acceptors (Lipinski definition) is 2. The van der Waals surface area contributed by atoms with E-state index in [1.54, 1.807) is 36.5 Å². The monoisotopic (exact) mass is 384 g/mol. The van der Waals surface area contributed by atoms with Crippen LogP contribution < -0.4 is 5.32 Å². The first-order chi connectivity index (χ1) is 9.95. The van der Waals surface area contributed by atoms with Crippen molar-refractivity contribution in [3.05, 3.63) is 62.2 Å². The molecular formula is C15H11BrCl2N2O. The lowest BCUT2D eigenvalue weighted by atomic mass is 10.2. The van der Waals surface area contributed by atoms with E-state index in [0.29, 0.717) is 15.9 Å². The highest BCUT2D eigenvalue weighted by molar-refractivity contribution is 9.10. The van der Waals surface area contributed by atoms with Crippen molar-refractivity contribution in [3.63, 3.8) is 0 Å². The van der Waals surface area contributed by atoms with Gasteiger partial charge >= 0.3 is 0 Å². The maximum atomic E-state index is 11.8. The zero-order chi connectivity index (χ0) is 15.4. The van der Waals surface area contributed by atoms with Gasteiger partial charge in [-0.2, -0.15) is 0 Å². The molecule has 1 aromatic carbocycles. The number of rotatable bonds is 3. The molecule has 6 heteroatoms. The van der Waals surface area contributed by atoms with E-state index in [4.69, 9.17) is 23.2 Å². The first-order valence-electron chi connectivity index (χ1n) is 6.02. The van der Waals surface area contributed by atoms with Gasteiger partial charge in [-0.3, -0.25) is 4.79 Å². The van der Waals surface area contributed by atoms with E-state index >= 15 is 0 Å². The number of anilines is 1. The molecule has 0 aliphatic rings. The summed E-state index contributed by atoms with van der Waals surface area (Å²) in [5, 5.41) is 3.73. The highest BCUT2D eigenvalue weighted by Crippen LogP contribution is 2.22. The minimum absolute atomic E-state index is 0.282. The number of halogens is 3. The number of nitrogens with one attached hydrogen (secondary N) is 1. The maximum Gasteiger partial charge on any atom is 0.249 e. The van der Waals surface area contributed by atoms with Crippen LogP contribution in [0.15, 0.2) is 41.0 Å². The van der Waals surface area contributed by atoms with E-state index in [1.807, 2.05) is 6.92 Å². The number of carbonyl (C=O) groups is 1. The third-order valence-corrected chi connectivity index (χ3v) is 4.07. The van der Waals surface area contributed by atoms with Crippen molar-refractivity contribution in [2.75, 3.05) is 5.32 Å². The summed E-state index contributed by atoms with van der Waals surface area (Å²) in [4.78, 5) is 15.9. The van der Waals surface area contributed by atoms with Crippen LogP contribution >= 0.6 is 39.1 Å². The lowest BCUT2D eigenvalue weighted by Crippen LogP contribution is -2.09. The molecule has 0 aliphatic heterocycles. The molecule has 1 aromatic heterocycles. The Kier molecular flexibility index (Phi) is 5.39. The molecule has 1 amide bonds. The van der Waals surface area contributed by atoms with Gasteiger partial charge in [0.1, 0.15) is 5.82 Å². The average Bonchev–Trinajstić information content (AvgIpc) is 2.42. The second kappa shape index (κ2) is 7.07. The molecule has 108 valence electrons. The second-order valence-corrected chi connectivity index (χ2v) is 6.01. The van der Waals surface area contributed by atoms with Crippen LogP contribution in [0.3, 0.4) is 0 Å². The van der Waals surface area contributed by atoms with Crippen molar-refractivity contribution >= 4 is 56.9 Å². The smallest absolute Gasteiger partial charge is 0.249 e. The van der Waals surface area contributed by atoms with Crippen molar-refractivity contribution in [2.45, 2.75) is 6.92 Å².